The maximum Gasteiger partial charge on any atom is 0.243 e. The number of nitrogens with one attached hydrogen (secondary N) is 1. The van der Waals surface area contributed by atoms with Gasteiger partial charge in [-0.05, 0) is 45.4 Å². The molecule has 2 fully saturated rings. The summed E-state index contributed by atoms with van der Waals surface area (Å²) in [6, 6.07) is -0.268. The van der Waals surface area contributed by atoms with Gasteiger partial charge >= 0.3 is 0 Å². The van der Waals surface area contributed by atoms with Crippen molar-refractivity contribution in [3.8, 4) is 0 Å². The minimum absolute atomic E-state index is 0.0258. The van der Waals surface area contributed by atoms with Gasteiger partial charge in [0.25, 0.3) is 0 Å². The molecule has 2 unspecified atom stereocenters. The SMILES string of the molecule is CC12CCC(=O)N1C(C(=O)NCCC1=CCCCC1)CS2. The quantitative estimate of drug-likeness (QED) is 0.812. The van der Waals surface area contributed by atoms with Crippen LogP contribution < -0.4 is 5.32 Å². The predicted molar refractivity (Wildman–Crippen MR) is 84.9 cm³/mol. The number of thioether (sulfide) groups is 1. The highest BCUT2D eigenvalue weighted by molar-refractivity contribution is 8.01. The summed E-state index contributed by atoms with van der Waals surface area (Å²) in [6.45, 7) is 2.78. The fraction of sp³-hybridized carbons (Fsp3) is 0.750. The van der Waals surface area contributed by atoms with Crippen molar-refractivity contribution in [1.82, 2.24) is 10.2 Å². The fourth-order valence-electron chi connectivity index (χ4n) is 3.61. The van der Waals surface area contributed by atoms with Gasteiger partial charge in [0.15, 0.2) is 0 Å². The molecule has 3 rings (SSSR count). The summed E-state index contributed by atoms with van der Waals surface area (Å²) in [4.78, 5) is 26.1. The number of amides is 2. The molecule has 21 heavy (non-hydrogen) atoms. The normalized spacial score (nSPS) is 32.0. The predicted octanol–water partition coefficient (Wildman–Crippen LogP) is 2.45. The van der Waals surface area contributed by atoms with E-state index in [1.165, 1.54) is 31.3 Å². The van der Waals surface area contributed by atoms with Gasteiger partial charge < -0.3 is 10.2 Å². The lowest BCUT2D eigenvalue weighted by molar-refractivity contribution is -0.137. The molecular formula is C16H24N2O2S. The Morgan fingerprint density at radius 3 is 3.10 bits per heavy atom. The number of fused-ring (bicyclic) bond motifs is 1. The molecule has 1 N–H and O–H groups in total. The van der Waals surface area contributed by atoms with E-state index in [1.54, 1.807) is 11.8 Å². The highest BCUT2D eigenvalue weighted by Gasteiger charge is 2.52. The van der Waals surface area contributed by atoms with Crippen molar-refractivity contribution < 1.29 is 9.59 Å². The van der Waals surface area contributed by atoms with Crippen LogP contribution in [-0.2, 0) is 9.59 Å². The number of carbonyl (C=O) groups is 2. The Kier molecular flexibility index (Phi) is 4.29. The van der Waals surface area contributed by atoms with Crippen molar-refractivity contribution in [3.05, 3.63) is 11.6 Å². The largest absolute Gasteiger partial charge is 0.354 e. The van der Waals surface area contributed by atoms with E-state index in [1.807, 2.05) is 4.90 Å². The second-order valence-electron chi connectivity index (χ2n) is 6.41. The molecule has 116 valence electrons. The Morgan fingerprint density at radius 2 is 2.33 bits per heavy atom. The van der Waals surface area contributed by atoms with E-state index >= 15 is 0 Å². The molecule has 0 spiro atoms. The van der Waals surface area contributed by atoms with Gasteiger partial charge in [-0.25, -0.2) is 0 Å². The van der Waals surface area contributed by atoms with E-state index in [-0.39, 0.29) is 22.7 Å². The summed E-state index contributed by atoms with van der Waals surface area (Å²) in [5, 5.41) is 3.04. The Balaban J connectivity index is 1.51. The number of hydrogen-bond donors (Lipinski definition) is 1. The first-order valence-corrected chi connectivity index (χ1v) is 9.00. The molecule has 2 atom stereocenters. The van der Waals surface area contributed by atoms with E-state index in [2.05, 4.69) is 18.3 Å². The van der Waals surface area contributed by atoms with Gasteiger partial charge in [-0.15, -0.1) is 11.8 Å². The Hall–Kier alpha value is -0.970. The van der Waals surface area contributed by atoms with Crippen LogP contribution in [0.2, 0.25) is 0 Å². The molecule has 0 aromatic rings. The van der Waals surface area contributed by atoms with Crippen molar-refractivity contribution in [2.45, 2.75) is 62.8 Å². The van der Waals surface area contributed by atoms with Gasteiger partial charge in [0.1, 0.15) is 6.04 Å². The van der Waals surface area contributed by atoms with E-state index in [0.29, 0.717) is 13.0 Å². The van der Waals surface area contributed by atoms with Crippen LogP contribution in [0.25, 0.3) is 0 Å². The lowest BCUT2D eigenvalue weighted by atomic mass is 9.97. The van der Waals surface area contributed by atoms with Gasteiger partial charge in [-0.1, -0.05) is 11.6 Å². The molecule has 4 nitrogen and oxygen atoms in total. The third-order valence-electron chi connectivity index (χ3n) is 4.88. The molecule has 0 aromatic carbocycles. The summed E-state index contributed by atoms with van der Waals surface area (Å²) in [6.07, 6.45) is 9.66. The molecule has 1 aliphatic carbocycles. The maximum absolute atomic E-state index is 12.4. The minimum Gasteiger partial charge on any atom is -0.354 e. The van der Waals surface area contributed by atoms with Crippen LogP contribution in [0.1, 0.15) is 51.9 Å². The summed E-state index contributed by atoms with van der Waals surface area (Å²) in [5.74, 6) is 0.895. The zero-order chi connectivity index (χ0) is 14.9. The topological polar surface area (TPSA) is 49.4 Å². The first kappa shape index (κ1) is 14.9. The Labute approximate surface area is 130 Å². The highest BCUT2D eigenvalue weighted by atomic mass is 32.2. The van der Waals surface area contributed by atoms with E-state index in [4.69, 9.17) is 0 Å². The Bertz CT molecular complexity index is 477. The first-order chi connectivity index (χ1) is 10.1. The van der Waals surface area contributed by atoms with Crippen molar-refractivity contribution in [2.75, 3.05) is 12.3 Å². The third kappa shape index (κ3) is 2.98. The maximum atomic E-state index is 12.4. The van der Waals surface area contributed by atoms with Crippen LogP contribution in [0.15, 0.2) is 11.6 Å². The standard InChI is InChI=1S/C16H24N2O2S/c1-16-9-7-14(19)18(16)13(11-21-16)15(20)17-10-8-12-5-3-2-4-6-12/h5,13H,2-4,6-11H2,1H3,(H,17,20). The smallest absolute Gasteiger partial charge is 0.243 e. The summed E-state index contributed by atoms with van der Waals surface area (Å²) in [5.41, 5.74) is 1.48. The number of rotatable bonds is 4. The monoisotopic (exact) mass is 308 g/mol. The second-order valence-corrected chi connectivity index (χ2v) is 7.92. The zero-order valence-corrected chi connectivity index (χ0v) is 13.5. The van der Waals surface area contributed by atoms with E-state index in [0.717, 1.165) is 18.6 Å². The molecule has 0 bridgehead atoms. The van der Waals surface area contributed by atoms with E-state index in [9.17, 15) is 9.59 Å². The number of nitrogens with zero attached hydrogens (tertiary/aromatic N) is 1. The van der Waals surface area contributed by atoms with E-state index < -0.39 is 0 Å². The van der Waals surface area contributed by atoms with Crippen LogP contribution in [0.4, 0.5) is 0 Å². The zero-order valence-electron chi connectivity index (χ0n) is 12.7. The molecule has 0 radical (unpaired) electrons. The number of hydrogen-bond acceptors (Lipinski definition) is 3. The molecule has 2 amide bonds. The average Bonchev–Trinajstić information content (AvgIpc) is 2.97. The molecule has 0 aromatic heterocycles. The van der Waals surface area contributed by atoms with Crippen LogP contribution >= 0.6 is 11.8 Å². The lowest BCUT2D eigenvalue weighted by Crippen LogP contribution is -2.50. The molecule has 2 heterocycles. The fourth-order valence-corrected chi connectivity index (χ4v) is 5.04. The second kappa shape index (κ2) is 6.03. The average molecular weight is 308 g/mol. The minimum atomic E-state index is -0.268. The van der Waals surface area contributed by atoms with Crippen LogP contribution in [-0.4, -0.2) is 39.9 Å². The highest BCUT2D eigenvalue weighted by Crippen LogP contribution is 2.47. The first-order valence-electron chi connectivity index (χ1n) is 8.02. The molecule has 5 heteroatoms. The van der Waals surface area contributed by atoms with Crippen LogP contribution in [0, 0.1) is 0 Å². The van der Waals surface area contributed by atoms with Gasteiger partial charge in [0.05, 0.1) is 4.87 Å². The van der Waals surface area contributed by atoms with Crippen LogP contribution in [0.5, 0.6) is 0 Å². The Morgan fingerprint density at radius 1 is 1.48 bits per heavy atom. The summed E-state index contributed by atoms with van der Waals surface area (Å²) < 4.78 is 0. The van der Waals surface area contributed by atoms with Gasteiger partial charge in [0.2, 0.25) is 11.8 Å². The third-order valence-corrected chi connectivity index (χ3v) is 6.38. The lowest BCUT2D eigenvalue weighted by Gasteiger charge is -2.29. The number of carbonyl (C=O) groups excluding carboxylic acids is 2. The van der Waals surface area contributed by atoms with Crippen LogP contribution in [0.3, 0.4) is 0 Å². The van der Waals surface area contributed by atoms with Gasteiger partial charge in [-0.2, -0.15) is 0 Å². The van der Waals surface area contributed by atoms with Crippen molar-refractivity contribution in [3.63, 3.8) is 0 Å². The van der Waals surface area contributed by atoms with Gasteiger partial charge in [0, 0.05) is 18.7 Å². The molecular weight excluding hydrogens is 284 g/mol. The summed E-state index contributed by atoms with van der Waals surface area (Å²) in [7, 11) is 0. The molecule has 2 saturated heterocycles. The molecule has 0 saturated carbocycles. The molecule has 3 aliphatic rings. The van der Waals surface area contributed by atoms with Crippen molar-refractivity contribution in [2.24, 2.45) is 0 Å². The molecule has 2 aliphatic heterocycles. The van der Waals surface area contributed by atoms with Crippen molar-refractivity contribution >= 4 is 23.6 Å². The van der Waals surface area contributed by atoms with Crippen molar-refractivity contribution in [1.29, 1.82) is 0 Å². The van der Waals surface area contributed by atoms with Gasteiger partial charge in [-0.3, -0.25) is 9.59 Å². The number of allylic oxidation sites excluding steroid dienone is 1. The summed E-state index contributed by atoms with van der Waals surface area (Å²) >= 11 is 1.75.